The Morgan fingerprint density at radius 1 is 1.50 bits per heavy atom. The maximum absolute atomic E-state index is 10.0. The number of guanidine groups is 1. The van der Waals surface area contributed by atoms with E-state index in [1.54, 1.807) is 0 Å². The molecule has 0 saturated heterocycles. The fourth-order valence-electron chi connectivity index (χ4n) is 2.17. The van der Waals surface area contributed by atoms with Crippen LogP contribution < -0.4 is 15.4 Å². The molecule has 0 aromatic heterocycles. The number of rotatable bonds is 7. The van der Waals surface area contributed by atoms with Crippen LogP contribution in [0, 0.1) is 12.8 Å². The molecule has 5 nitrogen and oxygen atoms in total. The van der Waals surface area contributed by atoms with Crippen molar-refractivity contribution >= 4 is 5.96 Å². The van der Waals surface area contributed by atoms with Crippen molar-refractivity contribution in [2.75, 3.05) is 19.7 Å². The minimum Gasteiger partial charge on any atom is -0.491 e. The van der Waals surface area contributed by atoms with Gasteiger partial charge in [0.15, 0.2) is 5.96 Å². The van der Waals surface area contributed by atoms with Gasteiger partial charge in [0.1, 0.15) is 18.5 Å². The summed E-state index contributed by atoms with van der Waals surface area (Å²) in [6, 6.07) is 8.32. The summed E-state index contributed by atoms with van der Waals surface area (Å²) in [5.41, 5.74) is 1.14. The number of hydrogen-bond acceptors (Lipinski definition) is 3. The SMILES string of the molecule is CCNC(=NCC(O)COc1cccc(C)c1)NC1CC1C. The van der Waals surface area contributed by atoms with Gasteiger partial charge >= 0.3 is 0 Å². The van der Waals surface area contributed by atoms with Crippen LogP contribution in [0.4, 0.5) is 0 Å². The van der Waals surface area contributed by atoms with Crippen molar-refractivity contribution in [3.8, 4) is 5.75 Å². The van der Waals surface area contributed by atoms with Crippen molar-refractivity contribution in [2.24, 2.45) is 10.9 Å². The Hall–Kier alpha value is -1.75. The molecule has 0 spiro atoms. The molecule has 3 unspecified atom stereocenters. The molecule has 1 saturated carbocycles. The third-order valence-electron chi connectivity index (χ3n) is 3.67. The van der Waals surface area contributed by atoms with Crippen LogP contribution in [0.2, 0.25) is 0 Å². The van der Waals surface area contributed by atoms with Gasteiger partial charge in [0.25, 0.3) is 0 Å². The Morgan fingerprint density at radius 2 is 2.27 bits per heavy atom. The number of aliphatic hydroxyl groups excluding tert-OH is 1. The number of aryl methyl sites for hydroxylation is 1. The number of benzene rings is 1. The van der Waals surface area contributed by atoms with Crippen LogP contribution in [0.1, 0.15) is 25.8 Å². The lowest BCUT2D eigenvalue weighted by Crippen LogP contribution is -2.40. The summed E-state index contributed by atoms with van der Waals surface area (Å²) in [7, 11) is 0. The van der Waals surface area contributed by atoms with Gasteiger partial charge in [0, 0.05) is 12.6 Å². The topological polar surface area (TPSA) is 65.9 Å². The average molecular weight is 305 g/mol. The fourth-order valence-corrected chi connectivity index (χ4v) is 2.17. The van der Waals surface area contributed by atoms with Gasteiger partial charge in [-0.05, 0) is 43.9 Å². The first-order valence-electron chi connectivity index (χ1n) is 8.01. The van der Waals surface area contributed by atoms with Crippen LogP contribution in [0.3, 0.4) is 0 Å². The second kappa shape index (κ2) is 8.03. The van der Waals surface area contributed by atoms with Gasteiger partial charge in [-0.1, -0.05) is 19.1 Å². The molecule has 0 amide bonds. The summed E-state index contributed by atoms with van der Waals surface area (Å²) in [4.78, 5) is 4.42. The van der Waals surface area contributed by atoms with E-state index in [0.717, 1.165) is 23.8 Å². The Balaban J connectivity index is 1.76. The fraction of sp³-hybridized carbons (Fsp3) is 0.588. The lowest BCUT2D eigenvalue weighted by molar-refractivity contribution is 0.114. The minimum atomic E-state index is -0.618. The first-order chi connectivity index (χ1) is 10.6. The van der Waals surface area contributed by atoms with Gasteiger partial charge < -0.3 is 20.5 Å². The molecule has 1 aromatic rings. The van der Waals surface area contributed by atoms with E-state index in [-0.39, 0.29) is 6.61 Å². The summed E-state index contributed by atoms with van der Waals surface area (Å²) in [5.74, 6) is 2.25. The number of aliphatic imine (C=N–C) groups is 1. The quantitative estimate of drug-likeness (QED) is 0.530. The molecule has 0 radical (unpaired) electrons. The van der Waals surface area contributed by atoms with Crippen molar-refractivity contribution in [2.45, 2.75) is 39.3 Å². The summed E-state index contributed by atoms with van der Waals surface area (Å²) in [6.07, 6.45) is 0.566. The molecular weight excluding hydrogens is 278 g/mol. The number of ether oxygens (including phenoxy) is 1. The summed E-state index contributed by atoms with van der Waals surface area (Å²) >= 11 is 0. The number of nitrogens with zero attached hydrogens (tertiary/aromatic N) is 1. The predicted octanol–water partition coefficient (Wildman–Crippen LogP) is 1.70. The second-order valence-electron chi connectivity index (χ2n) is 5.96. The van der Waals surface area contributed by atoms with Crippen molar-refractivity contribution in [3.63, 3.8) is 0 Å². The highest BCUT2D eigenvalue weighted by molar-refractivity contribution is 5.80. The number of hydrogen-bond donors (Lipinski definition) is 3. The zero-order chi connectivity index (χ0) is 15.9. The van der Waals surface area contributed by atoms with Gasteiger partial charge in [-0.15, -0.1) is 0 Å². The Bertz CT molecular complexity index is 504. The van der Waals surface area contributed by atoms with E-state index in [2.05, 4.69) is 22.5 Å². The van der Waals surface area contributed by atoms with E-state index in [1.807, 2.05) is 38.1 Å². The summed E-state index contributed by atoms with van der Waals surface area (Å²) in [6.45, 7) is 7.63. The highest BCUT2D eigenvalue weighted by Gasteiger charge is 2.33. The van der Waals surface area contributed by atoms with Crippen LogP contribution in [-0.4, -0.2) is 42.9 Å². The van der Waals surface area contributed by atoms with Crippen molar-refractivity contribution < 1.29 is 9.84 Å². The van der Waals surface area contributed by atoms with Gasteiger partial charge in [-0.2, -0.15) is 0 Å². The van der Waals surface area contributed by atoms with Crippen LogP contribution in [0.5, 0.6) is 5.75 Å². The smallest absolute Gasteiger partial charge is 0.191 e. The van der Waals surface area contributed by atoms with E-state index in [1.165, 1.54) is 6.42 Å². The molecule has 1 fully saturated rings. The molecule has 1 aromatic carbocycles. The predicted molar refractivity (Wildman–Crippen MR) is 89.4 cm³/mol. The zero-order valence-electron chi connectivity index (χ0n) is 13.7. The van der Waals surface area contributed by atoms with Gasteiger partial charge in [-0.25, -0.2) is 0 Å². The second-order valence-corrected chi connectivity index (χ2v) is 5.96. The zero-order valence-corrected chi connectivity index (χ0v) is 13.7. The largest absolute Gasteiger partial charge is 0.491 e. The summed E-state index contributed by atoms with van der Waals surface area (Å²) in [5, 5.41) is 16.6. The van der Waals surface area contributed by atoms with E-state index in [4.69, 9.17) is 4.74 Å². The van der Waals surface area contributed by atoms with Gasteiger partial charge in [0.2, 0.25) is 0 Å². The Kier molecular flexibility index (Phi) is 6.07. The lowest BCUT2D eigenvalue weighted by Gasteiger charge is -2.14. The molecule has 2 rings (SSSR count). The first kappa shape index (κ1) is 16.6. The number of aliphatic hydroxyl groups is 1. The highest BCUT2D eigenvalue weighted by atomic mass is 16.5. The van der Waals surface area contributed by atoms with Crippen LogP contribution in [-0.2, 0) is 0 Å². The first-order valence-corrected chi connectivity index (χ1v) is 8.01. The molecule has 0 bridgehead atoms. The van der Waals surface area contributed by atoms with E-state index in [0.29, 0.717) is 18.5 Å². The average Bonchev–Trinajstić information content (AvgIpc) is 3.18. The van der Waals surface area contributed by atoms with Gasteiger partial charge in [0.05, 0.1) is 6.54 Å². The maximum Gasteiger partial charge on any atom is 0.191 e. The molecule has 1 aliphatic rings. The van der Waals surface area contributed by atoms with E-state index < -0.39 is 6.10 Å². The monoisotopic (exact) mass is 305 g/mol. The third kappa shape index (κ3) is 5.56. The maximum atomic E-state index is 10.0. The molecule has 22 heavy (non-hydrogen) atoms. The normalized spacial score (nSPS) is 22.1. The third-order valence-corrected chi connectivity index (χ3v) is 3.67. The van der Waals surface area contributed by atoms with Crippen LogP contribution in [0.15, 0.2) is 29.3 Å². The van der Waals surface area contributed by atoms with Crippen LogP contribution in [0.25, 0.3) is 0 Å². The van der Waals surface area contributed by atoms with Crippen molar-refractivity contribution in [3.05, 3.63) is 29.8 Å². The van der Waals surface area contributed by atoms with Crippen molar-refractivity contribution in [1.82, 2.24) is 10.6 Å². The molecule has 5 heteroatoms. The van der Waals surface area contributed by atoms with Gasteiger partial charge in [-0.3, -0.25) is 4.99 Å². The summed E-state index contributed by atoms with van der Waals surface area (Å²) < 4.78 is 5.59. The molecule has 1 aliphatic carbocycles. The lowest BCUT2D eigenvalue weighted by atomic mass is 10.2. The van der Waals surface area contributed by atoms with E-state index >= 15 is 0 Å². The highest BCUT2D eigenvalue weighted by Crippen LogP contribution is 2.28. The molecule has 0 heterocycles. The number of nitrogens with one attached hydrogen (secondary N) is 2. The Labute approximate surface area is 132 Å². The molecular formula is C17H27N3O2. The van der Waals surface area contributed by atoms with E-state index in [9.17, 15) is 5.11 Å². The molecule has 3 N–H and O–H groups in total. The standard InChI is InChI=1S/C17H27N3O2/c1-4-18-17(20-16-9-13(16)3)19-10-14(21)11-22-15-7-5-6-12(2)8-15/h5-8,13-14,16,21H,4,9-11H2,1-3H3,(H2,18,19,20). The van der Waals surface area contributed by atoms with Crippen molar-refractivity contribution in [1.29, 1.82) is 0 Å². The molecule has 3 atom stereocenters. The molecule has 122 valence electrons. The molecule has 0 aliphatic heterocycles. The van der Waals surface area contributed by atoms with Crippen LogP contribution >= 0.6 is 0 Å². The Morgan fingerprint density at radius 3 is 2.91 bits per heavy atom. The minimum absolute atomic E-state index is 0.242.